The highest BCUT2D eigenvalue weighted by molar-refractivity contribution is 9.10. The molecule has 2 heterocycles. The second-order valence-electron chi connectivity index (χ2n) is 3.43. The smallest absolute Gasteiger partial charge is 0.140 e. The Balaban J connectivity index is 2.04. The highest BCUT2D eigenvalue weighted by Gasteiger charge is 2.02. The SMILES string of the molecule is Cn1ccc(CNc2ncc(N)cc2Br)n1. The first-order chi connectivity index (χ1) is 7.65. The van der Waals surface area contributed by atoms with Crippen molar-refractivity contribution in [3.8, 4) is 0 Å². The lowest BCUT2D eigenvalue weighted by atomic mass is 10.4. The molecular weight excluding hydrogens is 270 g/mol. The first kappa shape index (κ1) is 10.9. The maximum atomic E-state index is 5.60. The van der Waals surface area contributed by atoms with Crippen LogP contribution in [-0.4, -0.2) is 14.8 Å². The number of nitrogens with zero attached hydrogens (tertiary/aromatic N) is 3. The highest BCUT2D eigenvalue weighted by Crippen LogP contribution is 2.21. The molecule has 0 saturated heterocycles. The Labute approximate surface area is 102 Å². The fraction of sp³-hybridized carbons (Fsp3) is 0.200. The molecule has 0 spiro atoms. The Morgan fingerprint density at radius 2 is 2.38 bits per heavy atom. The van der Waals surface area contributed by atoms with Crippen molar-refractivity contribution < 1.29 is 0 Å². The van der Waals surface area contributed by atoms with Gasteiger partial charge in [-0.2, -0.15) is 5.10 Å². The predicted octanol–water partition coefficient (Wildman–Crippen LogP) is 1.77. The number of pyridine rings is 1. The van der Waals surface area contributed by atoms with Crippen LogP contribution in [0.1, 0.15) is 5.69 Å². The predicted molar refractivity (Wildman–Crippen MR) is 66.9 cm³/mol. The number of halogens is 1. The fourth-order valence-electron chi connectivity index (χ4n) is 1.31. The van der Waals surface area contributed by atoms with Crippen LogP contribution in [0.25, 0.3) is 0 Å². The van der Waals surface area contributed by atoms with Crippen molar-refractivity contribution in [1.29, 1.82) is 0 Å². The van der Waals surface area contributed by atoms with Crippen molar-refractivity contribution in [1.82, 2.24) is 14.8 Å². The Morgan fingerprint density at radius 1 is 1.56 bits per heavy atom. The molecule has 3 N–H and O–H groups in total. The lowest BCUT2D eigenvalue weighted by Crippen LogP contribution is -2.03. The molecule has 0 aromatic carbocycles. The van der Waals surface area contributed by atoms with E-state index in [0.29, 0.717) is 12.2 Å². The van der Waals surface area contributed by atoms with Crippen LogP contribution in [0.4, 0.5) is 11.5 Å². The number of hydrogen-bond donors (Lipinski definition) is 2. The number of rotatable bonds is 3. The second kappa shape index (κ2) is 4.52. The normalized spacial score (nSPS) is 10.4. The molecule has 6 heteroatoms. The molecule has 5 nitrogen and oxygen atoms in total. The van der Waals surface area contributed by atoms with Gasteiger partial charge in [0.15, 0.2) is 0 Å². The van der Waals surface area contributed by atoms with E-state index in [9.17, 15) is 0 Å². The van der Waals surface area contributed by atoms with Gasteiger partial charge in [-0.25, -0.2) is 4.98 Å². The summed E-state index contributed by atoms with van der Waals surface area (Å²) in [7, 11) is 1.89. The molecule has 0 bridgehead atoms. The topological polar surface area (TPSA) is 68.8 Å². The largest absolute Gasteiger partial charge is 0.397 e. The molecule has 2 aromatic rings. The number of hydrogen-bond acceptors (Lipinski definition) is 4. The average molecular weight is 282 g/mol. The van der Waals surface area contributed by atoms with E-state index in [1.807, 2.05) is 25.4 Å². The molecule has 0 aliphatic heterocycles. The van der Waals surface area contributed by atoms with Gasteiger partial charge in [0, 0.05) is 13.2 Å². The number of nitrogens with two attached hydrogens (primary N) is 1. The number of nitrogen functional groups attached to an aromatic ring is 1. The summed E-state index contributed by atoms with van der Waals surface area (Å²) >= 11 is 3.40. The Morgan fingerprint density at radius 3 is 3.00 bits per heavy atom. The average Bonchev–Trinajstić information content (AvgIpc) is 2.63. The van der Waals surface area contributed by atoms with E-state index in [-0.39, 0.29) is 0 Å². The van der Waals surface area contributed by atoms with Gasteiger partial charge in [0.25, 0.3) is 0 Å². The van der Waals surface area contributed by atoms with Crippen molar-refractivity contribution in [3.05, 3.63) is 34.7 Å². The van der Waals surface area contributed by atoms with Gasteiger partial charge in [0.1, 0.15) is 5.82 Å². The van der Waals surface area contributed by atoms with Gasteiger partial charge in [-0.3, -0.25) is 4.68 Å². The maximum absolute atomic E-state index is 5.60. The Kier molecular flexibility index (Phi) is 3.09. The van der Waals surface area contributed by atoms with Gasteiger partial charge < -0.3 is 11.1 Å². The molecule has 84 valence electrons. The zero-order valence-corrected chi connectivity index (χ0v) is 10.4. The van der Waals surface area contributed by atoms with Crippen LogP contribution in [0.5, 0.6) is 0 Å². The molecule has 2 rings (SSSR count). The summed E-state index contributed by atoms with van der Waals surface area (Å²) in [4.78, 5) is 4.18. The summed E-state index contributed by atoms with van der Waals surface area (Å²) in [5.74, 6) is 0.764. The van der Waals surface area contributed by atoms with Crippen LogP contribution >= 0.6 is 15.9 Å². The second-order valence-corrected chi connectivity index (χ2v) is 4.29. The molecule has 0 fully saturated rings. The monoisotopic (exact) mass is 281 g/mol. The van der Waals surface area contributed by atoms with Crippen molar-refractivity contribution in [3.63, 3.8) is 0 Å². The van der Waals surface area contributed by atoms with E-state index < -0.39 is 0 Å². The first-order valence-electron chi connectivity index (χ1n) is 4.78. The Bertz CT molecular complexity index is 494. The molecule has 2 aromatic heterocycles. The molecule has 0 aliphatic carbocycles. The fourth-order valence-corrected chi connectivity index (χ4v) is 1.82. The van der Waals surface area contributed by atoms with Crippen molar-refractivity contribution in [2.75, 3.05) is 11.1 Å². The quantitative estimate of drug-likeness (QED) is 0.900. The van der Waals surface area contributed by atoms with Crippen LogP contribution in [0, 0.1) is 0 Å². The highest BCUT2D eigenvalue weighted by atomic mass is 79.9. The molecule has 0 unspecified atom stereocenters. The first-order valence-corrected chi connectivity index (χ1v) is 5.58. The van der Waals surface area contributed by atoms with Gasteiger partial charge >= 0.3 is 0 Å². The van der Waals surface area contributed by atoms with Crippen LogP contribution in [0.15, 0.2) is 29.0 Å². The zero-order chi connectivity index (χ0) is 11.5. The van der Waals surface area contributed by atoms with Crippen molar-refractivity contribution in [2.24, 2.45) is 7.05 Å². The summed E-state index contributed by atoms with van der Waals surface area (Å²) in [5, 5.41) is 7.44. The molecular formula is C10H12BrN5. The van der Waals surface area contributed by atoms with E-state index in [1.54, 1.807) is 10.9 Å². The minimum absolute atomic E-state index is 0.635. The minimum atomic E-state index is 0.635. The molecule has 0 atom stereocenters. The lowest BCUT2D eigenvalue weighted by Gasteiger charge is -2.06. The molecule has 0 aliphatic rings. The van der Waals surface area contributed by atoms with Crippen LogP contribution in [0.3, 0.4) is 0 Å². The van der Waals surface area contributed by atoms with Crippen LogP contribution < -0.4 is 11.1 Å². The zero-order valence-electron chi connectivity index (χ0n) is 8.81. The van der Waals surface area contributed by atoms with Gasteiger partial charge in [-0.15, -0.1) is 0 Å². The Hall–Kier alpha value is -1.56. The number of anilines is 2. The number of aryl methyl sites for hydroxylation is 1. The number of nitrogens with one attached hydrogen (secondary N) is 1. The molecule has 0 amide bonds. The van der Waals surface area contributed by atoms with E-state index >= 15 is 0 Å². The lowest BCUT2D eigenvalue weighted by molar-refractivity contribution is 0.747. The third-order valence-electron chi connectivity index (χ3n) is 2.07. The van der Waals surface area contributed by atoms with Crippen LogP contribution in [0.2, 0.25) is 0 Å². The van der Waals surface area contributed by atoms with Gasteiger partial charge in [-0.1, -0.05) is 0 Å². The van der Waals surface area contributed by atoms with Crippen molar-refractivity contribution >= 4 is 27.4 Å². The number of aromatic nitrogens is 3. The summed E-state index contributed by atoms with van der Waals surface area (Å²) in [6.07, 6.45) is 3.52. The maximum Gasteiger partial charge on any atom is 0.140 e. The van der Waals surface area contributed by atoms with Gasteiger partial charge in [-0.05, 0) is 28.1 Å². The molecule has 0 saturated carbocycles. The third kappa shape index (κ3) is 2.52. The summed E-state index contributed by atoms with van der Waals surface area (Å²) in [5.41, 5.74) is 7.20. The standard InChI is InChI=1S/C10H12BrN5/c1-16-3-2-8(15-16)6-14-10-9(11)4-7(12)5-13-10/h2-5H,6,12H2,1H3,(H,13,14). The van der Waals surface area contributed by atoms with Crippen LogP contribution in [-0.2, 0) is 13.6 Å². The van der Waals surface area contributed by atoms with E-state index in [2.05, 4.69) is 31.3 Å². The third-order valence-corrected chi connectivity index (χ3v) is 2.67. The van der Waals surface area contributed by atoms with Crippen molar-refractivity contribution in [2.45, 2.75) is 6.54 Å². The minimum Gasteiger partial charge on any atom is -0.397 e. The summed E-state index contributed by atoms with van der Waals surface area (Å²) in [6.45, 7) is 0.635. The summed E-state index contributed by atoms with van der Waals surface area (Å²) in [6, 6.07) is 3.77. The van der Waals surface area contributed by atoms with E-state index in [4.69, 9.17) is 5.73 Å². The van der Waals surface area contributed by atoms with Gasteiger partial charge in [0.2, 0.25) is 0 Å². The van der Waals surface area contributed by atoms with E-state index in [0.717, 1.165) is 16.0 Å². The molecule has 16 heavy (non-hydrogen) atoms. The van der Waals surface area contributed by atoms with E-state index in [1.165, 1.54) is 0 Å². The molecule has 0 radical (unpaired) electrons. The summed E-state index contributed by atoms with van der Waals surface area (Å²) < 4.78 is 2.62. The van der Waals surface area contributed by atoms with Gasteiger partial charge in [0.05, 0.1) is 28.6 Å².